The van der Waals surface area contributed by atoms with Gasteiger partial charge in [0.2, 0.25) is 5.88 Å². The lowest BCUT2D eigenvalue weighted by Crippen LogP contribution is -2.29. The van der Waals surface area contributed by atoms with E-state index in [-0.39, 0.29) is 24.0 Å². The zero-order valence-electron chi connectivity index (χ0n) is 16.6. The van der Waals surface area contributed by atoms with Gasteiger partial charge in [-0.3, -0.25) is 4.79 Å². The van der Waals surface area contributed by atoms with Crippen molar-refractivity contribution in [2.75, 3.05) is 21.3 Å². The maximum absolute atomic E-state index is 13.9. The molecule has 0 bridgehead atoms. The summed E-state index contributed by atoms with van der Waals surface area (Å²) in [7, 11) is 3.94. The molecule has 3 rings (SSSR count). The van der Waals surface area contributed by atoms with Crippen LogP contribution in [0.1, 0.15) is 21.6 Å². The van der Waals surface area contributed by atoms with E-state index in [0.29, 0.717) is 10.2 Å². The lowest BCUT2D eigenvalue weighted by Gasteiger charge is -2.19. The number of hydrogen-bond donors (Lipinski definition) is 0. The first-order valence-electron chi connectivity index (χ1n) is 8.77. The molecule has 8 nitrogen and oxygen atoms in total. The van der Waals surface area contributed by atoms with Gasteiger partial charge in [-0.25, -0.2) is 9.07 Å². The van der Waals surface area contributed by atoms with Gasteiger partial charge in [0, 0.05) is 19.7 Å². The molecule has 0 radical (unpaired) electrons. The monoisotopic (exact) mass is 439 g/mol. The fourth-order valence-electron chi connectivity index (χ4n) is 2.85. The van der Waals surface area contributed by atoms with E-state index >= 15 is 0 Å². The standard InChI is InChI=1S/C19H17F4N5O3/c1-27(10-11-4-5-14(30-2)13(20)8-11)18(29)12-9-24-28(17(12)19(21,22)23)15-6-7-16(31-3)26-25-15/h4-9H,10H2,1-3H3. The highest BCUT2D eigenvalue weighted by Crippen LogP contribution is 2.34. The van der Waals surface area contributed by atoms with Gasteiger partial charge < -0.3 is 14.4 Å². The van der Waals surface area contributed by atoms with Crippen LogP contribution in [0.3, 0.4) is 0 Å². The molecule has 1 aromatic carbocycles. The predicted octanol–water partition coefficient (Wildman–Crippen LogP) is 3.11. The summed E-state index contributed by atoms with van der Waals surface area (Å²) in [6.45, 7) is -0.134. The quantitative estimate of drug-likeness (QED) is 0.549. The number of carbonyl (C=O) groups excluding carboxylic acids is 1. The summed E-state index contributed by atoms with van der Waals surface area (Å²) < 4.78 is 65.4. The molecule has 0 aliphatic rings. The molecule has 31 heavy (non-hydrogen) atoms. The van der Waals surface area contributed by atoms with Crippen molar-refractivity contribution in [3.63, 3.8) is 0 Å². The minimum absolute atomic E-state index is 0.0129. The smallest absolute Gasteiger partial charge is 0.434 e. The molecule has 0 spiro atoms. The summed E-state index contributed by atoms with van der Waals surface area (Å²) in [6.07, 6.45) is -4.10. The van der Waals surface area contributed by atoms with Gasteiger partial charge in [0.1, 0.15) is 0 Å². The van der Waals surface area contributed by atoms with Crippen molar-refractivity contribution in [3.8, 4) is 17.4 Å². The third kappa shape index (κ3) is 4.57. The fraction of sp³-hybridized carbons (Fsp3) is 0.263. The second-order valence-corrected chi connectivity index (χ2v) is 6.38. The number of amides is 1. The fourth-order valence-corrected chi connectivity index (χ4v) is 2.85. The van der Waals surface area contributed by atoms with Crippen molar-refractivity contribution >= 4 is 5.91 Å². The summed E-state index contributed by atoms with van der Waals surface area (Å²) in [5.41, 5.74) is -1.61. The highest BCUT2D eigenvalue weighted by atomic mass is 19.4. The van der Waals surface area contributed by atoms with Crippen LogP contribution in [-0.2, 0) is 12.7 Å². The number of ether oxygens (including phenoxy) is 2. The van der Waals surface area contributed by atoms with Gasteiger partial charge in [-0.2, -0.15) is 18.3 Å². The van der Waals surface area contributed by atoms with Gasteiger partial charge in [-0.05, 0) is 23.8 Å². The molecule has 0 unspecified atom stereocenters. The molecule has 12 heteroatoms. The minimum Gasteiger partial charge on any atom is -0.494 e. The van der Waals surface area contributed by atoms with Crippen molar-refractivity contribution < 1.29 is 31.8 Å². The zero-order valence-corrected chi connectivity index (χ0v) is 16.6. The Bertz CT molecular complexity index is 1080. The van der Waals surface area contributed by atoms with Crippen molar-refractivity contribution in [2.45, 2.75) is 12.7 Å². The van der Waals surface area contributed by atoms with Gasteiger partial charge in [-0.15, -0.1) is 10.2 Å². The Labute approximate surface area is 174 Å². The highest BCUT2D eigenvalue weighted by Gasteiger charge is 2.41. The van der Waals surface area contributed by atoms with Crippen LogP contribution in [0, 0.1) is 5.82 Å². The summed E-state index contributed by atoms with van der Waals surface area (Å²) in [5, 5.41) is 11.0. The van der Waals surface area contributed by atoms with E-state index in [4.69, 9.17) is 9.47 Å². The van der Waals surface area contributed by atoms with Gasteiger partial charge in [-0.1, -0.05) is 6.07 Å². The number of alkyl halides is 3. The maximum Gasteiger partial charge on any atom is 0.434 e. The topological polar surface area (TPSA) is 82.4 Å². The lowest BCUT2D eigenvalue weighted by molar-refractivity contribution is -0.143. The Morgan fingerprint density at radius 2 is 1.87 bits per heavy atom. The normalized spacial score (nSPS) is 11.3. The Kier molecular flexibility index (Phi) is 6.09. The van der Waals surface area contributed by atoms with Crippen LogP contribution in [0.2, 0.25) is 0 Å². The lowest BCUT2D eigenvalue weighted by atomic mass is 10.1. The molecule has 0 aliphatic heterocycles. The number of nitrogens with zero attached hydrogens (tertiary/aromatic N) is 5. The minimum atomic E-state index is -4.91. The number of halogens is 4. The molecule has 3 aromatic rings. The van der Waals surface area contributed by atoms with Crippen LogP contribution in [0.4, 0.5) is 17.6 Å². The number of benzene rings is 1. The molecule has 0 fully saturated rings. The second-order valence-electron chi connectivity index (χ2n) is 6.38. The summed E-state index contributed by atoms with van der Waals surface area (Å²) in [6, 6.07) is 6.56. The van der Waals surface area contributed by atoms with E-state index in [9.17, 15) is 22.4 Å². The highest BCUT2D eigenvalue weighted by molar-refractivity contribution is 5.95. The Morgan fingerprint density at radius 3 is 2.42 bits per heavy atom. The summed E-state index contributed by atoms with van der Waals surface area (Å²) in [4.78, 5) is 13.8. The Hall–Kier alpha value is -3.70. The molecule has 0 atom stereocenters. The van der Waals surface area contributed by atoms with Crippen LogP contribution in [-0.4, -0.2) is 52.1 Å². The van der Waals surface area contributed by atoms with E-state index in [1.165, 1.54) is 45.5 Å². The maximum atomic E-state index is 13.9. The number of hydrogen-bond acceptors (Lipinski definition) is 6. The Morgan fingerprint density at radius 1 is 1.13 bits per heavy atom. The third-order valence-corrected chi connectivity index (χ3v) is 4.30. The zero-order chi connectivity index (χ0) is 22.8. The molecule has 0 saturated carbocycles. The largest absolute Gasteiger partial charge is 0.494 e. The van der Waals surface area contributed by atoms with Crippen LogP contribution < -0.4 is 9.47 Å². The van der Waals surface area contributed by atoms with Crippen molar-refractivity contribution in [3.05, 3.63) is 59.2 Å². The first-order valence-corrected chi connectivity index (χ1v) is 8.77. The molecule has 0 saturated heterocycles. The van der Waals surface area contributed by atoms with Crippen molar-refractivity contribution in [2.24, 2.45) is 0 Å². The number of carbonyl (C=O) groups is 1. The van der Waals surface area contributed by atoms with E-state index in [1.807, 2.05) is 0 Å². The van der Waals surface area contributed by atoms with E-state index in [1.54, 1.807) is 0 Å². The molecule has 164 valence electrons. The van der Waals surface area contributed by atoms with E-state index in [0.717, 1.165) is 17.2 Å². The molecule has 1 amide bonds. The second kappa shape index (κ2) is 8.58. The van der Waals surface area contributed by atoms with E-state index in [2.05, 4.69) is 15.3 Å². The Balaban J connectivity index is 1.93. The third-order valence-electron chi connectivity index (χ3n) is 4.30. The number of methoxy groups -OCH3 is 2. The molecule has 2 heterocycles. The van der Waals surface area contributed by atoms with E-state index < -0.39 is 29.2 Å². The van der Waals surface area contributed by atoms with Crippen LogP contribution >= 0.6 is 0 Å². The van der Waals surface area contributed by atoms with Crippen molar-refractivity contribution in [1.29, 1.82) is 0 Å². The average Bonchev–Trinajstić information content (AvgIpc) is 3.19. The van der Waals surface area contributed by atoms with Crippen LogP contribution in [0.5, 0.6) is 11.6 Å². The van der Waals surface area contributed by atoms with Crippen LogP contribution in [0.15, 0.2) is 36.5 Å². The first-order chi connectivity index (χ1) is 14.7. The van der Waals surface area contributed by atoms with Crippen LogP contribution in [0.25, 0.3) is 5.82 Å². The van der Waals surface area contributed by atoms with Gasteiger partial charge >= 0.3 is 6.18 Å². The molecular weight excluding hydrogens is 422 g/mol. The average molecular weight is 439 g/mol. The molecule has 2 aromatic heterocycles. The number of aromatic nitrogens is 4. The van der Waals surface area contributed by atoms with Gasteiger partial charge in [0.05, 0.1) is 26.0 Å². The molecule has 0 N–H and O–H groups in total. The van der Waals surface area contributed by atoms with Crippen molar-refractivity contribution in [1.82, 2.24) is 24.9 Å². The summed E-state index contributed by atoms with van der Waals surface area (Å²) in [5.74, 6) is -1.72. The predicted molar refractivity (Wildman–Crippen MR) is 99.5 cm³/mol. The molecular formula is C19H17F4N5O3. The SMILES string of the molecule is COc1ccc(-n2ncc(C(=O)N(C)Cc3ccc(OC)c(F)c3)c2C(F)(F)F)nn1. The van der Waals surface area contributed by atoms with Gasteiger partial charge in [0.15, 0.2) is 23.1 Å². The first kappa shape index (κ1) is 22.0. The summed E-state index contributed by atoms with van der Waals surface area (Å²) >= 11 is 0. The number of rotatable bonds is 6. The molecule has 0 aliphatic carbocycles. The van der Waals surface area contributed by atoms with Gasteiger partial charge in [0.25, 0.3) is 5.91 Å².